The third kappa shape index (κ3) is 3.16. The molecule has 4 atom stereocenters. The van der Waals surface area contributed by atoms with E-state index in [1.807, 2.05) is 0 Å². The molecule has 1 aliphatic heterocycles. The number of carbonyl (C=O) groups is 2. The Morgan fingerprint density at radius 1 is 1.25 bits per heavy atom. The SMILES string of the molecule is CC(=O)NC[C@H]1O[C@H](O)[C@H](NC(C)=O)[C@H]1O. The van der Waals surface area contributed by atoms with E-state index in [1.165, 1.54) is 13.8 Å². The summed E-state index contributed by atoms with van der Waals surface area (Å²) in [6, 6.07) is -0.865. The van der Waals surface area contributed by atoms with Crippen LogP contribution in [0.1, 0.15) is 13.8 Å². The fourth-order valence-corrected chi connectivity index (χ4v) is 1.55. The van der Waals surface area contributed by atoms with Gasteiger partial charge in [-0.2, -0.15) is 0 Å². The van der Waals surface area contributed by atoms with E-state index in [-0.39, 0.29) is 18.4 Å². The summed E-state index contributed by atoms with van der Waals surface area (Å²) in [5.74, 6) is -0.625. The number of carbonyl (C=O) groups excluding carboxylic acids is 2. The van der Waals surface area contributed by atoms with Gasteiger partial charge in [-0.1, -0.05) is 0 Å². The number of amides is 2. The minimum Gasteiger partial charge on any atom is -0.388 e. The fraction of sp³-hybridized carbons (Fsp3) is 0.778. The summed E-state index contributed by atoms with van der Waals surface area (Å²) >= 11 is 0. The van der Waals surface area contributed by atoms with E-state index in [0.29, 0.717) is 0 Å². The lowest BCUT2D eigenvalue weighted by Crippen LogP contribution is -2.48. The second-order valence-electron chi connectivity index (χ2n) is 3.72. The van der Waals surface area contributed by atoms with Crippen LogP contribution in [0.25, 0.3) is 0 Å². The van der Waals surface area contributed by atoms with E-state index >= 15 is 0 Å². The minimum absolute atomic E-state index is 0.0869. The topological polar surface area (TPSA) is 108 Å². The lowest BCUT2D eigenvalue weighted by molar-refractivity contribution is -0.126. The maximum atomic E-state index is 10.8. The molecule has 7 heteroatoms. The Kier molecular flexibility index (Phi) is 4.22. The number of aliphatic hydroxyl groups is 2. The van der Waals surface area contributed by atoms with E-state index in [2.05, 4.69) is 10.6 Å². The average molecular weight is 232 g/mol. The first kappa shape index (κ1) is 12.9. The molecule has 1 aliphatic rings. The van der Waals surface area contributed by atoms with Gasteiger partial charge in [0.1, 0.15) is 18.2 Å². The van der Waals surface area contributed by atoms with Crippen molar-refractivity contribution < 1.29 is 24.5 Å². The van der Waals surface area contributed by atoms with Gasteiger partial charge in [-0.15, -0.1) is 0 Å². The average Bonchev–Trinajstić information content (AvgIpc) is 2.42. The van der Waals surface area contributed by atoms with Gasteiger partial charge in [-0.25, -0.2) is 0 Å². The van der Waals surface area contributed by atoms with Crippen LogP contribution in [0.3, 0.4) is 0 Å². The highest BCUT2D eigenvalue weighted by molar-refractivity contribution is 5.73. The van der Waals surface area contributed by atoms with Crippen LogP contribution in [0.4, 0.5) is 0 Å². The molecule has 1 saturated heterocycles. The predicted molar refractivity (Wildman–Crippen MR) is 53.2 cm³/mol. The van der Waals surface area contributed by atoms with Crippen molar-refractivity contribution in [2.75, 3.05) is 6.54 Å². The normalized spacial score (nSPS) is 33.5. The van der Waals surface area contributed by atoms with Gasteiger partial charge in [0.25, 0.3) is 0 Å². The predicted octanol–water partition coefficient (Wildman–Crippen LogP) is -2.29. The van der Waals surface area contributed by atoms with Crippen molar-refractivity contribution in [3.63, 3.8) is 0 Å². The van der Waals surface area contributed by atoms with Crippen LogP contribution in [0.15, 0.2) is 0 Å². The van der Waals surface area contributed by atoms with Crippen LogP contribution in [0.2, 0.25) is 0 Å². The Morgan fingerprint density at radius 3 is 2.38 bits per heavy atom. The summed E-state index contributed by atoms with van der Waals surface area (Å²) in [6.07, 6.45) is -3.04. The fourth-order valence-electron chi connectivity index (χ4n) is 1.55. The Labute approximate surface area is 92.8 Å². The number of aliphatic hydroxyl groups excluding tert-OH is 2. The summed E-state index contributed by atoms with van der Waals surface area (Å²) in [4.78, 5) is 21.5. The molecular formula is C9H16N2O5. The zero-order valence-corrected chi connectivity index (χ0v) is 9.14. The molecule has 1 heterocycles. The molecule has 0 radical (unpaired) electrons. The maximum Gasteiger partial charge on any atom is 0.217 e. The van der Waals surface area contributed by atoms with E-state index < -0.39 is 24.5 Å². The molecule has 7 nitrogen and oxygen atoms in total. The first-order chi connectivity index (χ1) is 7.41. The molecular weight excluding hydrogens is 216 g/mol. The highest BCUT2D eigenvalue weighted by Crippen LogP contribution is 2.19. The Hall–Kier alpha value is -1.18. The zero-order valence-electron chi connectivity index (χ0n) is 9.14. The Morgan fingerprint density at radius 2 is 1.88 bits per heavy atom. The van der Waals surface area contributed by atoms with Gasteiger partial charge >= 0.3 is 0 Å². The van der Waals surface area contributed by atoms with E-state index in [1.54, 1.807) is 0 Å². The summed E-state index contributed by atoms with van der Waals surface area (Å²) < 4.78 is 5.01. The van der Waals surface area contributed by atoms with Gasteiger partial charge in [0.05, 0.1) is 0 Å². The quantitative estimate of drug-likeness (QED) is 0.438. The van der Waals surface area contributed by atoms with E-state index in [4.69, 9.17) is 4.74 Å². The van der Waals surface area contributed by atoms with Crippen LogP contribution >= 0.6 is 0 Å². The van der Waals surface area contributed by atoms with Crippen molar-refractivity contribution in [3.05, 3.63) is 0 Å². The number of ether oxygens (including phenoxy) is 1. The molecule has 0 aliphatic carbocycles. The highest BCUT2D eigenvalue weighted by Gasteiger charge is 2.43. The first-order valence-corrected chi connectivity index (χ1v) is 4.95. The molecule has 1 rings (SSSR count). The Balaban J connectivity index is 2.52. The van der Waals surface area contributed by atoms with Gasteiger partial charge in [-0.3, -0.25) is 9.59 Å². The minimum atomic E-state index is -1.27. The molecule has 4 N–H and O–H groups in total. The molecule has 0 spiro atoms. The summed E-state index contributed by atoms with van der Waals surface area (Å²) in [5.41, 5.74) is 0. The second kappa shape index (κ2) is 5.24. The number of hydrogen-bond donors (Lipinski definition) is 4. The standard InChI is InChI=1S/C9H16N2O5/c1-4(12)10-3-6-8(14)7(9(15)16-6)11-5(2)13/h6-9,14-15H,3H2,1-2H3,(H,10,12)(H,11,13)/t6-,7-,8+,9+/m1/s1. The van der Waals surface area contributed by atoms with Crippen LogP contribution < -0.4 is 10.6 Å². The van der Waals surface area contributed by atoms with E-state index in [0.717, 1.165) is 0 Å². The summed E-state index contributed by atoms with van der Waals surface area (Å²) in [5, 5.41) is 24.0. The van der Waals surface area contributed by atoms with Crippen LogP contribution in [-0.2, 0) is 14.3 Å². The number of hydrogen-bond acceptors (Lipinski definition) is 5. The lowest BCUT2D eigenvalue weighted by atomic mass is 10.1. The van der Waals surface area contributed by atoms with Crippen molar-refractivity contribution in [3.8, 4) is 0 Å². The molecule has 0 aromatic carbocycles. The van der Waals surface area contributed by atoms with Crippen molar-refractivity contribution in [1.82, 2.24) is 10.6 Å². The summed E-state index contributed by atoms with van der Waals surface area (Å²) in [6.45, 7) is 2.70. The number of nitrogens with one attached hydrogen (secondary N) is 2. The van der Waals surface area contributed by atoms with Crippen molar-refractivity contribution in [2.24, 2.45) is 0 Å². The highest BCUT2D eigenvalue weighted by atomic mass is 16.6. The molecule has 2 amide bonds. The Bertz CT molecular complexity index is 283. The molecule has 16 heavy (non-hydrogen) atoms. The molecule has 0 unspecified atom stereocenters. The summed E-state index contributed by atoms with van der Waals surface area (Å²) in [7, 11) is 0. The third-order valence-electron chi connectivity index (χ3n) is 2.29. The van der Waals surface area contributed by atoms with Crippen molar-refractivity contribution in [1.29, 1.82) is 0 Å². The van der Waals surface area contributed by atoms with Crippen LogP contribution in [0.5, 0.6) is 0 Å². The lowest BCUT2D eigenvalue weighted by Gasteiger charge is -2.18. The molecule has 1 fully saturated rings. The van der Waals surface area contributed by atoms with Gasteiger partial charge in [0.15, 0.2) is 6.29 Å². The smallest absolute Gasteiger partial charge is 0.217 e. The molecule has 0 aromatic heterocycles. The molecule has 0 bridgehead atoms. The van der Waals surface area contributed by atoms with Crippen molar-refractivity contribution >= 4 is 11.8 Å². The van der Waals surface area contributed by atoms with E-state index in [9.17, 15) is 19.8 Å². The van der Waals surface area contributed by atoms with Gasteiger partial charge in [0, 0.05) is 20.4 Å². The monoisotopic (exact) mass is 232 g/mol. The van der Waals surface area contributed by atoms with Gasteiger partial charge in [0.2, 0.25) is 11.8 Å². The number of rotatable bonds is 3. The first-order valence-electron chi connectivity index (χ1n) is 4.95. The third-order valence-corrected chi connectivity index (χ3v) is 2.29. The molecule has 0 aromatic rings. The zero-order chi connectivity index (χ0) is 12.3. The largest absolute Gasteiger partial charge is 0.388 e. The maximum absolute atomic E-state index is 10.8. The second-order valence-corrected chi connectivity index (χ2v) is 3.72. The van der Waals surface area contributed by atoms with Gasteiger partial charge < -0.3 is 25.6 Å². The van der Waals surface area contributed by atoms with Crippen molar-refractivity contribution in [2.45, 2.75) is 38.4 Å². The van der Waals surface area contributed by atoms with Gasteiger partial charge in [-0.05, 0) is 0 Å². The van der Waals surface area contributed by atoms with Crippen LogP contribution in [0, 0.1) is 0 Å². The molecule has 0 saturated carbocycles. The molecule has 92 valence electrons. The van der Waals surface area contributed by atoms with Crippen LogP contribution in [-0.4, -0.2) is 53.1 Å².